The van der Waals surface area contributed by atoms with Gasteiger partial charge in [0.2, 0.25) is 0 Å². The maximum Gasteiger partial charge on any atom is 0.431 e. The van der Waals surface area contributed by atoms with Gasteiger partial charge in [0.25, 0.3) is 0 Å². The van der Waals surface area contributed by atoms with Gasteiger partial charge in [0.1, 0.15) is 29.1 Å². The predicted octanol–water partition coefficient (Wildman–Crippen LogP) is 5.10. The Morgan fingerprint density at radius 1 is 1.14 bits per heavy atom. The average molecular weight is 522 g/mol. The molecule has 1 saturated heterocycles. The number of hydrogen-bond acceptors (Lipinski definition) is 6. The normalized spacial score (nSPS) is 27.0. The van der Waals surface area contributed by atoms with Crippen LogP contribution >= 0.6 is 0 Å². The molecule has 3 unspecified atom stereocenters. The van der Waals surface area contributed by atoms with Crippen molar-refractivity contribution in [1.82, 2.24) is 0 Å². The van der Waals surface area contributed by atoms with Gasteiger partial charge in [0.15, 0.2) is 0 Å². The molecular formula is C26H27F4N3O4. The van der Waals surface area contributed by atoms with Crippen molar-refractivity contribution in [3.63, 3.8) is 0 Å². The fourth-order valence-corrected chi connectivity index (χ4v) is 5.72. The summed E-state index contributed by atoms with van der Waals surface area (Å²) in [6.45, 7) is 1.99. The number of aliphatic carboxylic acids is 1. The number of fused-ring (bicyclic) bond motifs is 2. The summed E-state index contributed by atoms with van der Waals surface area (Å²) in [6.07, 6.45) is -3.60. The molecule has 0 aromatic heterocycles. The van der Waals surface area contributed by atoms with Gasteiger partial charge in [-0.3, -0.25) is 9.80 Å². The number of anilines is 2. The number of methoxy groups -OCH3 is 1. The molecule has 3 aliphatic rings. The number of halogens is 4. The Balaban J connectivity index is 1.27. The summed E-state index contributed by atoms with van der Waals surface area (Å²) >= 11 is 0. The van der Waals surface area contributed by atoms with Crippen LogP contribution in [0.3, 0.4) is 0 Å². The van der Waals surface area contributed by atoms with E-state index in [1.54, 1.807) is 43.5 Å². The molecule has 5 atom stereocenters. The van der Waals surface area contributed by atoms with Gasteiger partial charge >= 0.3 is 12.1 Å². The van der Waals surface area contributed by atoms with E-state index in [-0.39, 0.29) is 23.9 Å². The molecule has 0 spiro atoms. The van der Waals surface area contributed by atoms with Crippen LogP contribution in [0.5, 0.6) is 11.5 Å². The standard InChI is InChI=1S/C26H27F4N3O4/c1-14-21(12-24(34)35)33(31-25(14)26(28,29)30)16-3-5-18(6-4-16)37-23-10-17-9-15(23)13-32(17)22-11-19(36-2)7-8-20(22)27/h3-8,11,14-15,17,21,23H,9-10,12-13H2,1-2H3,(H,34,35)/t14?,15-,17-,21?,23?/m1/s1. The number of carboxylic acid groups (broad SMARTS) is 1. The number of carboxylic acids is 1. The second kappa shape index (κ2) is 9.42. The minimum atomic E-state index is -4.64. The van der Waals surface area contributed by atoms with E-state index in [2.05, 4.69) is 10.0 Å². The van der Waals surface area contributed by atoms with Crippen LogP contribution in [0, 0.1) is 17.7 Å². The molecular weight excluding hydrogens is 494 g/mol. The van der Waals surface area contributed by atoms with Gasteiger partial charge in [0.05, 0.1) is 30.9 Å². The molecule has 1 saturated carbocycles. The zero-order valence-corrected chi connectivity index (χ0v) is 20.3. The fourth-order valence-electron chi connectivity index (χ4n) is 5.72. The molecule has 0 amide bonds. The highest BCUT2D eigenvalue weighted by molar-refractivity contribution is 5.95. The van der Waals surface area contributed by atoms with Crippen molar-refractivity contribution in [3.8, 4) is 11.5 Å². The second-order valence-corrected chi connectivity index (χ2v) is 9.79. The monoisotopic (exact) mass is 521 g/mol. The second-order valence-electron chi connectivity index (χ2n) is 9.79. The number of hydrogen-bond donors (Lipinski definition) is 1. The van der Waals surface area contributed by atoms with E-state index in [1.165, 1.54) is 13.0 Å². The largest absolute Gasteiger partial charge is 0.497 e. The van der Waals surface area contributed by atoms with Gasteiger partial charge in [-0.15, -0.1) is 0 Å². The summed E-state index contributed by atoms with van der Waals surface area (Å²) < 4.78 is 66.2. The quantitative estimate of drug-likeness (QED) is 0.512. The Morgan fingerprint density at radius 3 is 2.43 bits per heavy atom. The first-order chi connectivity index (χ1) is 17.5. The maximum absolute atomic E-state index is 14.5. The van der Waals surface area contributed by atoms with Crippen molar-refractivity contribution in [2.75, 3.05) is 23.6 Å². The van der Waals surface area contributed by atoms with Crippen LogP contribution in [0.25, 0.3) is 0 Å². The third-order valence-electron chi connectivity index (χ3n) is 7.54. The zero-order valence-electron chi connectivity index (χ0n) is 20.3. The lowest BCUT2D eigenvalue weighted by atomic mass is 9.94. The molecule has 2 fully saturated rings. The number of nitrogens with zero attached hydrogens (tertiary/aromatic N) is 3. The number of rotatable bonds is 7. The first-order valence-corrected chi connectivity index (χ1v) is 12.1. The highest BCUT2D eigenvalue weighted by atomic mass is 19.4. The SMILES string of the molecule is COc1ccc(F)c(N2C[C@H]3C[C@@H]2CC3Oc2ccc(N3N=C(C(F)(F)F)C(C)C3CC(=O)O)cc2)c1. The van der Waals surface area contributed by atoms with Crippen molar-refractivity contribution in [2.24, 2.45) is 16.9 Å². The summed E-state index contributed by atoms with van der Waals surface area (Å²) in [5.41, 5.74) is -0.111. The van der Waals surface area contributed by atoms with E-state index in [1.807, 2.05) is 0 Å². The Morgan fingerprint density at radius 2 is 1.84 bits per heavy atom. The summed E-state index contributed by atoms with van der Waals surface area (Å²) in [5, 5.41) is 14.1. The lowest BCUT2D eigenvalue weighted by Gasteiger charge is -2.33. The van der Waals surface area contributed by atoms with E-state index in [0.29, 0.717) is 35.8 Å². The minimum Gasteiger partial charge on any atom is -0.497 e. The molecule has 2 bridgehead atoms. The van der Waals surface area contributed by atoms with E-state index >= 15 is 0 Å². The van der Waals surface area contributed by atoms with Gasteiger partial charge in [-0.1, -0.05) is 6.92 Å². The van der Waals surface area contributed by atoms with Crippen LogP contribution in [0.4, 0.5) is 28.9 Å². The van der Waals surface area contributed by atoms with E-state index in [9.17, 15) is 27.5 Å². The Hall–Kier alpha value is -3.50. The number of ether oxygens (including phenoxy) is 2. The summed E-state index contributed by atoms with van der Waals surface area (Å²) in [7, 11) is 1.54. The molecule has 11 heteroatoms. The Kier molecular flexibility index (Phi) is 6.41. The zero-order chi connectivity index (χ0) is 26.5. The number of carbonyl (C=O) groups is 1. The molecule has 2 aromatic rings. The smallest absolute Gasteiger partial charge is 0.431 e. The number of hydrazone groups is 1. The third-order valence-corrected chi connectivity index (χ3v) is 7.54. The van der Waals surface area contributed by atoms with Crippen LogP contribution in [0.2, 0.25) is 0 Å². The van der Waals surface area contributed by atoms with Crippen molar-refractivity contribution >= 4 is 23.1 Å². The first kappa shape index (κ1) is 25.2. The van der Waals surface area contributed by atoms with Crippen LogP contribution in [0.1, 0.15) is 26.2 Å². The molecule has 5 rings (SSSR count). The van der Waals surface area contributed by atoms with Crippen molar-refractivity contribution in [1.29, 1.82) is 0 Å². The predicted molar refractivity (Wildman–Crippen MR) is 129 cm³/mol. The molecule has 2 aliphatic heterocycles. The van der Waals surface area contributed by atoms with Crippen molar-refractivity contribution in [2.45, 2.75) is 50.6 Å². The molecule has 1 aliphatic carbocycles. The van der Waals surface area contributed by atoms with Gasteiger partial charge < -0.3 is 19.5 Å². The van der Waals surface area contributed by atoms with Gasteiger partial charge in [-0.2, -0.15) is 18.3 Å². The molecule has 2 aromatic carbocycles. The van der Waals surface area contributed by atoms with Gasteiger partial charge in [-0.25, -0.2) is 4.39 Å². The highest BCUT2D eigenvalue weighted by Crippen LogP contribution is 2.44. The molecule has 37 heavy (non-hydrogen) atoms. The first-order valence-electron chi connectivity index (χ1n) is 12.1. The van der Waals surface area contributed by atoms with E-state index in [0.717, 1.165) is 11.4 Å². The van der Waals surface area contributed by atoms with Crippen LogP contribution in [-0.4, -0.2) is 54.8 Å². The lowest BCUT2D eigenvalue weighted by molar-refractivity contribution is -0.137. The Labute approximate surface area is 211 Å². The summed E-state index contributed by atoms with van der Waals surface area (Å²) in [5.74, 6) is -1.22. The molecule has 2 heterocycles. The average Bonchev–Trinajstić information content (AvgIpc) is 3.53. The molecule has 0 radical (unpaired) electrons. The van der Waals surface area contributed by atoms with Crippen molar-refractivity contribution < 1.29 is 36.9 Å². The van der Waals surface area contributed by atoms with Gasteiger partial charge in [0, 0.05) is 36.9 Å². The van der Waals surface area contributed by atoms with E-state index < -0.39 is 36.2 Å². The molecule has 7 nitrogen and oxygen atoms in total. The van der Waals surface area contributed by atoms with Crippen LogP contribution in [0.15, 0.2) is 47.6 Å². The van der Waals surface area contributed by atoms with E-state index in [4.69, 9.17) is 9.47 Å². The summed E-state index contributed by atoms with van der Waals surface area (Å²) in [6, 6.07) is 10.4. The summed E-state index contributed by atoms with van der Waals surface area (Å²) in [4.78, 5) is 13.4. The highest BCUT2D eigenvalue weighted by Gasteiger charge is 2.49. The van der Waals surface area contributed by atoms with Crippen molar-refractivity contribution in [3.05, 3.63) is 48.3 Å². The number of alkyl halides is 3. The number of piperidine rings is 1. The number of benzene rings is 2. The van der Waals surface area contributed by atoms with Crippen LogP contribution in [-0.2, 0) is 4.79 Å². The van der Waals surface area contributed by atoms with Crippen LogP contribution < -0.4 is 19.4 Å². The maximum atomic E-state index is 14.5. The molecule has 198 valence electrons. The Bertz CT molecular complexity index is 1200. The lowest BCUT2D eigenvalue weighted by Crippen LogP contribution is -2.40. The fraction of sp³-hybridized carbons (Fsp3) is 0.462. The topological polar surface area (TPSA) is 74.6 Å². The minimum absolute atomic E-state index is 0.0674. The van der Waals surface area contributed by atoms with Gasteiger partial charge in [-0.05, 0) is 42.8 Å². The third kappa shape index (κ3) is 4.78. The molecule has 1 N–H and O–H groups in total.